The second kappa shape index (κ2) is 8.32. The number of nitrogens with one attached hydrogen (secondary N) is 1. The summed E-state index contributed by atoms with van der Waals surface area (Å²) in [6.45, 7) is 3.82. The molecule has 3 aromatic rings. The molecular formula is C23H21NO3. The number of benzene rings is 3. The van der Waals surface area contributed by atoms with Crippen molar-refractivity contribution < 1.29 is 14.3 Å². The molecule has 136 valence electrons. The van der Waals surface area contributed by atoms with E-state index in [1.165, 1.54) is 0 Å². The Morgan fingerprint density at radius 2 is 1.37 bits per heavy atom. The van der Waals surface area contributed by atoms with Crippen molar-refractivity contribution in [1.29, 1.82) is 0 Å². The van der Waals surface area contributed by atoms with Crippen molar-refractivity contribution in [2.24, 2.45) is 0 Å². The first kappa shape index (κ1) is 18.4. The van der Waals surface area contributed by atoms with Crippen LogP contribution in [0.1, 0.15) is 27.0 Å². The Kier molecular flexibility index (Phi) is 5.67. The van der Waals surface area contributed by atoms with Crippen molar-refractivity contribution in [3.63, 3.8) is 0 Å². The van der Waals surface area contributed by atoms with Crippen LogP contribution < -0.4 is 10.1 Å². The fraction of sp³-hybridized carbons (Fsp3) is 0.130. The van der Waals surface area contributed by atoms with Gasteiger partial charge in [0.2, 0.25) is 0 Å². The number of para-hydroxylation sites is 1. The number of carbonyl (C=O) groups is 2. The summed E-state index contributed by atoms with van der Waals surface area (Å²) in [7, 11) is 0. The number of hydrogen-bond donors (Lipinski definition) is 1. The van der Waals surface area contributed by atoms with E-state index in [0.29, 0.717) is 16.8 Å². The number of ketones is 1. The Morgan fingerprint density at radius 3 is 2.00 bits per heavy atom. The largest absolute Gasteiger partial charge is 0.483 e. The molecule has 0 unspecified atom stereocenters. The second-order valence-electron chi connectivity index (χ2n) is 6.33. The Hall–Kier alpha value is -3.40. The topological polar surface area (TPSA) is 55.4 Å². The number of carbonyl (C=O) groups excluding carboxylic acids is 2. The number of anilines is 1. The standard InChI is InChI=1S/C23H21NO3/c1-16-7-6-8-17(2)23(16)27-15-21(25)24-20-13-11-19(12-14-20)22(26)18-9-4-3-5-10-18/h3-14H,15H2,1-2H3,(H,24,25). The fourth-order valence-corrected chi connectivity index (χ4v) is 2.82. The number of rotatable bonds is 6. The molecule has 0 spiro atoms. The zero-order valence-corrected chi connectivity index (χ0v) is 15.4. The quantitative estimate of drug-likeness (QED) is 0.657. The van der Waals surface area contributed by atoms with Gasteiger partial charge in [0.15, 0.2) is 12.4 Å². The Bertz CT molecular complexity index is 927. The van der Waals surface area contributed by atoms with E-state index in [-0.39, 0.29) is 18.3 Å². The van der Waals surface area contributed by atoms with Crippen molar-refractivity contribution >= 4 is 17.4 Å². The number of aryl methyl sites for hydroxylation is 2. The van der Waals surface area contributed by atoms with Gasteiger partial charge in [-0.25, -0.2) is 0 Å². The van der Waals surface area contributed by atoms with Gasteiger partial charge in [-0.15, -0.1) is 0 Å². The second-order valence-corrected chi connectivity index (χ2v) is 6.33. The summed E-state index contributed by atoms with van der Waals surface area (Å²) in [5.41, 5.74) is 3.81. The molecule has 0 saturated carbocycles. The summed E-state index contributed by atoms with van der Waals surface area (Å²) in [5, 5.41) is 2.78. The summed E-state index contributed by atoms with van der Waals surface area (Å²) in [6, 6.07) is 21.8. The molecule has 1 amide bonds. The van der Waals surface area contributed by atoms with Gasteiger partial charge in [-0.1, -0.05) is 48.5 Å². The number of hydrogen-bond acceptors (Lipinski definition) is 3. The minimum absolute atomic E-state index is 0.0492. The fourth-order valence-electron chi connectivity index (χ4n) is 2.82. The highest BCUT2D eigenvalue weighted by molar-refractivity contribution is 6.09. The van der Waals surface area contributed by atoms with Crippen LogP contribution in [-0.4, -0.2) is 18.3 Å². The van der Waals surface area contributed by atoms with Crippen LogP contribution in [0.3, 0.4) is 0 Å². The summed E-state index contributed by atoms with van der Waals surface area (Å²) in [4.78, 5) is 24.5. The molecule has 4 heteroatoms. The van der Waals surface area contributed by atoms with E-state index in [0.717, 1.165) is 16.9 Å². The molecule has 0 aromatic heterocycles. The first-order chi connectivity index (χ1) is 13.0. The molecular weight excluding hydrogens is 338 g/mol. The first-order valence-electron chi connectivity index (χ1n) is 8.73. The van der Waals surface area contributed by atoms with Gasteiger partial charge >= 0.3 is 0 Å². The average Bonchev–Trinajstić information content (AvgIpc) is 2.68. The van der Waals surface area contributed by atoms with Crippen LogP contribution in [0.5, 0.6) is 5.75 Å². The molecule has 0 aliphatic rings. The molecule has 0 fully saturated rings. The minimum atomic E-state index is -0.250. The molecule has 3 rings (SSSR count). The lowest BCUT2D eigenvalue weighted by molar-refractivity contribution is -0.118. The molecule has 3 aromatic carbocycles. The summed E-state index contributed by atoms with van der Waals surface area (Å²) < 4.78 is 5.66. The van der Waals surface area contributed by atoms with Crippen LogP contribution in [0, 0.1) is 13.8 Å². The average molecular weight is 359 g/mol. The van der Waals surface area contributed by atoms with E-state index in [4.69, 9.17) is 4.74 Å². The predicted octanol–water partition coefficient (Wildman–Crippen LogP) is 4.55. The van der Waals surface area contributed by atoms with E-state index in [1.54, 1.807) is 36.4 Å². The number of amides is 1. The van der Waals surface area contributed by atoms with Crippen LogP contribution in [0.15, 0.2) is 72.8 Å². The lowest BCUT2D eigenvalue weighted by Gasteiger charge is -2.12. The van der Waals surface area contributed by atoms with Gasteiger partial charge in [-0.2, -0.15) is 0 Å². The van der Waals surface area contributed by atoms with Crippen LogP contribution >= 0.6 is 0 Å². The van der Waals surface area contributed by atoms with Crippen molar-refractivity contribution in [3.8, 4) is 5.75 Å². The van der Waals surface area contributed by atoms with E-state index >= 15 is 0 Å². The smallest absolute Gasteiger partial charge is 0.262 e. The molecule has 0 aliphatic heterocycles. The van der Waals surface area contributed by atoms with Crippen LogP contribution in [-0.2, 0) is 4.79 Å². The van der Waals surface area contributed by atoms with Crippen molar-refractivity contribution in [3.05, 3.63) is 95.1 Å². The predicted molar refractivity (Wildman–Crippen MR) is 106 cm³/mol. The molecule has 0 bridgehead atoms. The zero-order valence-electron chi connectivity index (χ0n) is 15.4. The molecule has 1 N–H and O–H groups in total. The molecule has 0 heterocycles. The highest BCUT2D eigenvalue weighted by Crippen LogP contribution is 2.22. The molecule has 4 nitrogen and oxygen atoms in total. The molecule has 0 radical (unpaired) electrons. The zero-order chi connectivity index (χ0) is 19.2. The van der Waals surface area contributed by atoms with Crippen molar-refractivity contribution in [1.82, 2.24) is 0 Å². The van der Waals surface area contributed by atoms with Crippen LogP contribution in [0.2, 0.25) is 0 Å². The van der Waals surface area contributed by atoms with Gasteiger partial charge in [0.25, 0.3) is 5.91 Å². The van der Waals surface area contributed by atoms with Gasteiger partial charge in [0.05, 0.1) is 0 Å². The highest BCUT2D eigenvalue weighted by atomic mass is 16.5. The Balaban J connectivity index is 1.59. The maximum atomic E-state index is 12.4. The molecule has 0 aliphatic carbocycles. The molecule has 27 heavy (non-hydrogen) atoms. The monoisotopic (exact) mass is 359 g/mol. The normalized spacial score (nSPS) is 10.3. The SMILES string of the molecule is Cc1cccc(C)c1OCC(=O)Nc1ccc(C(=O)c2ccccc2)cc1. The van der Waals surface area contributed by atoms with Gasteiger partial charge in [0.1, 0.15) is 5.75 Å². The van der Waals surface area contributed by atoms with Crippen molar-refractivity contribution in [2.45, 2.75) is 13.8 Å². The third-order valence-corrected chi connectivity index (χ3v) is 4.22. The van der Waals surface area contributed by atoms with Crippen molar-refractivity contribution in [2.75, 3.05) is 11.9 Å². The van der Waals surface area contributed by atoms with Gasteiger partial charge < -0.3 is 10.1 Å². The maximum Gasteiger partial charge on any atom is 0.262 e. The Morgan fingerprint density at radius 1 is 0.778 bits per heavy atom. The van der Waals surface area contributed by atoms with Gasteiger partial charge in [0, 0.05) is 16.8 Å². The van der Waals surface area contributed by atoms with E-state index in [9.17, 15) is 9.59 Å². The summed E-state index contributed by atoms with van der Waals surface area (Å²) >= 11 is 0. The third kappa shape index (κ3) is 4.61. The van der Waals surface area contributed by atoms with Gasteiger partial charge in [-0.3, -0.25) is 9.59 Å². The minimum Gasteiger partial charge on any atom is -0.483 e. The lowest BCUT2D eigenvalue weighted by Crippen LogP contribution is -2.20. The van der Waals surface area contributed by atoms with Crippen LogP contribution in [0.25, 0.3) is 0 Å². The lowest BCUT2D eigenvalue weighted by atomic mass is 10.0. The first-order valence-corrected chi connectivity index (χ1v) is 8.73. The van der Waals surface area contributed by atoms with E-state index in [1.807, 2.05) is 50.2 Å². The Labute approximate surface area is 158 Å². The summed E-state index contributed by atoms with van der Waals surface area (Å²) in [6.07, 6.45) is 0. The van der Waals surface area contributed by atoms with Crippen LogP contribution in [0.4, 0.5) is 5.69 Å². The third-order valence-electron chi connectivity index (χ3n) is 4.22. The van der Waals surface area contributed by atoms with Gasteiger partial charge in [-0.05, 0) is 49.2 Å². The van der Waals surface area contributed by atoms with E-state index in [2.05, 4.69) is 5.32 Å². The molecule has 0 atom stereocenters. The van der Waals surface area contributed by atoms with E-state index < -0.39 is 0 Å². The maximum absolute atomic E-state index is 12.4. The molecule has 0 saturated heterocycles. The number of ether oxygens (including phenoxy) is 1. The highest BCUT2D eigenvalue weighted by Gasteiger charge is 2.10. The summed E-state index contributed by atoms with van der Waals surface area (Å²) in [5.74, 6) is 0.433.